The molecule has 2 rings (SSSR count). The average Bonchev–Trinajstić information content (AvgIpc) is 2.46. The van der Waals surface area contributed by atoms with Crippen molar-refractivity contribution in [3.8, 4) is 0 Å². The van der Waals surface area contributed by atoms with E-state index in [0.717, 1.165) is 25.8 Å². The number of nitrogens with zero attached hydrogens (tertiary/aromatic N) is 3. The number of nitrogen functional groups attached to an aromatic ring is 1. The fraction of sp³-hybridized carbons (Fsp3) is 0.583. The van der Waals surface area contributed by atoms with Crippen molar-refractivity contribution >= 4 is 17.5 Å². The van der Waals surface area contributed by atoms with Crippen LogP contribution in [0.5, 0.6) is 0 Å². The van der Waals surface area contributed by atoms with E-state index in [4.69, 9.17) is 11.6 Å². The predicted molar refractivity (Wildman–Crippen MR) is 73.4 cm³/mol. The molecule has 1 amide bonds. The molecule has 2 heterocycles. The number of hydrogen-bond donors (Lipinski definition) is 3. The first kappa shape index (κ1) is 13.5. The molecule has 0 spiro atoms. The molecule has 1 saturated heterocycles. The van der Waals surface area contributed by atoms with Gasteiger partial charge in [-0.25, -0.2) is 15.8 Å². The standard InChI is InChI=1S/C12H20N6O/c1-2-9-15-10(17-14)7-11(16-9)18-6-4-3-5-8(18)12(13)19/h7-8H,2-6,14H2,1H3,(H2,13,19)(H,15,16,17). The van der Waals surface area contributed by atoms with Gasteiger partial charge >= 0.3 is 0 Å². The van der Waals surface area contributed by atoms with Crippen LogP contribution in [0.4, 0.5) is 11.6 Å². The maximum Gasteiger partial charge on any atom is 0.240 e. The second-order valence-corrected chi connectivity index (χ2v) is 4.63. The number of hydrogen-bond acceptors (Lipinski definition) is 6. The smallest absolute Gasteiger partial charge is 0.240 e. The number of aromatic nitrogens is 2. The molecule has 0 bridgehead atoms. The number of piperidine rings is 1. The van der Waals surface area contributed by atoms with Crippen LogP contribution in [0.1, 0.15) is 32.0 Å². The van der Waals surface area contributed by atoms with Crippen LogP contribution >= 0.6 is 0 Å². The molecule has 1 aliphatic heterocycles. The summed E-state index contributed by atoms with van der Waals surface area (Å²) in [6.45, 7) is 2.75. The minimum absolute atomic E-state index is 0.293. The number of carbonyl (C=O) groups excluding carboxylic acids is 1. The molecule has 104 valence electrons. The van der Waals surface area contributed by atoms with Gasteiger partial charge in [-0.15, -0.1) is 0 Å². The second-order valence-electron chi connectivity index (χ2n) is 4.63. The lowest BCUT2D eigenvalue weighted by atomic mass is 10.0. The number of anilines is 2. The largest absolute Gasteiger partial charge is 0.368 e. The second kappa shape index (κ2) is 5.83. The maximum atomic E-state index is 11.5. The third-order valence-corrected chi connectivity index (χ3v) is 3.35. The lowest BCUT2D eigenvalue weighted by Gasteiger charge is -2.34. The molecule has 1 atom stereocenters. The zero-order valence-electron chi connectivity index (χ0n) is 11.1. The number of rotatable bonds is 4. The number of aryl methyl sites for hydroxylation is 1. The molecular formula is C12H20N6O. The fourth-order valence-corrected chi connectivity index (χ4v) is 2.36. The van der Waals surface area contributed by atoms with Crippen molar-refractivity contribution < 1.29 is 4.79 Å². The first-order valence-corrected chi connectivity index (χ1v) is 6.56. The topological polar surface area (TPSA) is 110 Å². The SMILES string of the molecule is CCc1nc(NN)cc(N2CCCCC2C(N)=O)n1. The monoisotopic (exact) mass is 264 g/mol. The summed E-state index contributed by atoms with van der Waals surface area (Å²) in [6, 6.07) is 1.46. The number of primary amides is 1. The van der Waals surface area contributed by atoms with Gasteiger partial charge in [0.25, 0.3) is 0 Å². The molecule has 0 aromatic carbocycles. The van der Waals surface area contributed by atoms with Crippen molar-refractivity contribution in [3.05, 3.63) is 11.9 Å². The molecule has 7 heteroatoms. The van der Waals surface area contributed by atoms with Crippen LogP contribution in [-0.2, 0) is 11.2 Å². The van der Waals surface area contributed by atoms with Crippen LogP contribution < -0.4 is 21.9 Å². The Balaban J connectivity index is 2.35. The highest BCUT2D eigenvalue weighted by Crippen LogP contribution is 2.24. The first-order chi connectivity index (χ1) is 9.15. The summed E-state index contributed by atoms with van der Waals surface area (Å²) in [5, 5.41) is 0. The predicted octanol–water partition coefficient (Wildman–Crippen LogP) is 0.169. The Labute approximate surface area is 112 Å². The third-order valence-electron chi connectivity index (χ3n) is 3.35. The summed E-state index contributed by atoms with van der Waals surface area (Å²) >= 11 is 0. The lowest BCUT2D eigenvalue weighted by Crippen LogP contribution is -2.48. The summed E-state index contributed by atoms with van der Waals surface area (Å²) < 4.78 is 0. The number of amides is 1. The Morgan fingerprint density at radius 1 is 1.53 bits per heavy atom. The number of hydrazine groups is 1. The van der Waals surface area contributed by atoms with Crippen molar-refractivity contribution in [3.63, 3.8) is 0 Å². The Hall–Kier alpha value is -1.89. The number of nitrogens with one attached hydrogen (secondary N) is 1. The van der Waals surface area contributed by atoms with Gasteiger partial charge in [0.15, 0.2) is 0 Å². The minimum Gasteiger partial charge on any atom is -0.368 e. The highest BCUT2D eigenvalue weighted by atomic mass is 16.1. The zero-order chi connectivity index (χ0) is 13.8. The summed E-state index contributed by atoms with van der Waals surface area (Å²) in [5.74, 6) is 7.07. The van der Waals surface area contributed by atoms with Gasteiger partial charge in [0.2, 0.25) is 5.91 Å². The van der Waals surface area contributed by atoms with Crippen molar-refractivity contribution in [2.45, 2.75) is 38.6 Å². The van der Waals surface area contributed by atoms with E-state index >= 15 is 0 Å². The summed E-state index contributed by atoms with van der Waals surface area (Å²) in [7, 11) is 0. The zero-order valence-corrected chi connectivity index (χ0v) is 11.1. The van der Waals surface area contributed by atoms with Gasteiger partial charge < -0.3 is 16.1 Å². The maximum absolute atomic E-state index is 11.5. The van der Waals surface area contributed by atoms with E-state index in [0.29, 0.717) is 23.9 Å². The normalized spacial score (nSPS) is 19.3. The van der Waals surface area contributed by atoms with Crippen LogP contribution in [0, 0.1) is 0 Å². The molecule has 7 nitrogen and oxygen atoms in total. The minimum atomic E-state index is -0.307. The van der Waals surface area contributed by atoms with Crippen molar-refractivity contribution in [2.24, 2.45) is 11.6 Å². The van der Waals surface area contributed by atoms with Crippen molar-refractivity contribution in [1.82, 2.24) is 9.97 Å². The van der Waals surface area contributed by atoms with Crippen molar-refractivity contribution in [2.75, 3.05) is 16.9 Å². The van der Waals surface area contributed by atoms with Crippen LogP contribution in [-0.4, -0.2) is 28.5 Å². The van der Waals surface area contributed by atoms with Gasteiger partial charge in [0.1, 0.15) is 23.5 Å². The summed E-state index contributed by atoms with van der Waals surface area (Å²) in [6.07, 6.45) is 3.52. The van der Waals surface area contributed by atoms with Gasteiger partial charge in [-0.1, -0.05) is 6.92 Å². The molecule has 0 radical (unpaired) electrons. The number of nitrogens with two attached hydrogens (primary N) is 2. The molecule has 1 fully saturated rings. The van der Waals surface area contributed by atoms with Crippen molar-refractivity contribution in [1.29, 1.82) is 0 Å². The first-order valence-electron chi connectivity index (χ1n) is 6.56. The molecule has 1 aromatic heterocycles. The fourth-order valence-electron chi connectivity index (χ4n) is 2.36. The summed E-state index contributed by atoms with van der Waals surface area (Å²) in [5.41, 5.74) is 8.00. The Bertz CT molecular complexity index is 441. The van der Waals surface area contributed by atoms with Crippen LogP contribution in [0.3, 0.4) is 0 Å². The van der Waals surface area contributed by atoms with E-state index < -0.39 is 0 Å². The Morgan fingerprint density at radius 3 is 2.95 bits per heavy atom. The molecule has 0 saturated carbocycles. The highest BCUT2D eigenvalue weighted by molar-refractivity contribution is 5.83. The molecule has 1 unspecified atom stereocenters. The van der Waals surface area contributed by atoms with Gasteiger partial charge in [-0.05, 0) is 19.3 Å². The van der Waals surface area contributed by atoms with Gasteiger partial charge in [-0.3, -0.25) is 4.79 Å². The van der Waals surface area contributed by atoms with E-state index in [1.54, 1.807) is 6.07 Å². The van der Waals surface area contributed by atoms with Crippen LogP contribution in [0.15, 0.2) is 6.07 Å². The quantitative estimate of drug-likeness (QED) is 0.528. The van der Waals surface area contributed by atoms with E-state index in [-0.39, 0.29) is 11.9 Å². The molecule has 0 aliphatic carbocycles. The van der Waals surface area contributed by atoms with Gasteiger partial charge in [0, 0.05) is 19.0 Å². The molecule has 5 N–H and O–H groups in total. The highest BCUT2D eigenvalue weighted by Gasteiger charge is 2.28. The van der Waals surface area contributed by atoms with Gasteiger partial charge in [-0.2, -0.15) is 0 Å². The third kappa shape index (κ3) is 2.93. The average molecular weight is 264 g/mol. The lowest BCUT2D eigenvalue weighted by molar-refractivity contribution is -0.119. The molecular weight excluding hydrogens is 244 g/mol. The van der Waals surface area contributed by atoms with Crippen LogP contribution in [0.25, 0.3) is 0 Å². The molecule has 19 heavy (non-hydrogen) atoms. The number of carbonyl (C=O) groups is 1. The summed E-state index contributed by atoms with van der Waals surface area (Å²) in [4.78, 5) is 22.2. The molecule has 1 aromatic rings. The van der Waals surface area contributed by atoms with E-state index in [2.05, 4.69) is 15.4 Å². The van der Waals surface area contributed by atoms with E-state index in [1.165, 1.54) is 0 Å². The molecule has 1 aliphatic rings. The van der Waals surface area contributed by atoms with Crippen LogP contribution in [0.2, 0.25) is 0 Å². The Kier molecular flexibility index (Phi) is 4.16. The van der Waals surface area contributed by atoms with E-state index in [9.17, 15) is 4.79 Å². The van der Waals surface area contributed by atoms with E-state index in [1.807, 2.05) is 11.8 Å². The van der Waals surface area contributed by atoms with Gasteiger partial charge in [0.05, 0.1) is 0 Å². The Morgan fingerprint density at radius 2 is 2.32 bits per heavy atom.